The van der Waals surface area contributed by atoms with E-state index < -0.39 is 21.5 Å². The molecule has 0 fully saturated rings. The first-order valence-electron chi connectivity index (χ1n) is 6.05. The van der Waals surface area contributed by atoms with Gasteiger partial charge in [-0.3, -0.25) is 9.59 Å². The van der Waals surface area contributed by atoms with Crippen LogP contribution in [0, 0.1) is 0 Å². The van der Waals surface area contributed by atoms with Crippen LogP contribution in [0.2, 0.25) is 0 Å². The molecule has 20 heavy (non-hydrogen) atoms. The predicted molar refractivity (Wildman–Crippen MR) is 75.7 cm³/mol. The number of nitrogens with zero attached hydrogens (tertiary/aromatic N) is 1. The lowest BCUT2D eigenvalue weighted by atomic mass is 10.1. The van der Waals surface area contributed by atoms with Gasteiger partial charge in [-0.2, -0.15) is 0 Å². The van der Waals surface area contributed by atoms with Crippen LogP contribution in [0.15, 0.2) is 35.2 Å². The number of carbonyl (C=O) groups is 2. The molecule has 0 bridgehead atoms. The van der Waals surface area contributed by atoms with E-state index in [0.717, 1.165) is 5.57 Å². The number of sulfone groups is 1. The highest BCUT2D eigenvalue weighted by atomic mass is 32.2. The minimum Gasteiger partial charge on any atom is -0.306 e. The molecule has 6 heteroatoms. The van der Waals surface area contributed by atoms with Crippen molar-refractivity contribution in [3.05, 3.63) is 35.9 Å². The summed E-state index contributed by atoms with van der Waals surface area (Å²) in [7, 11) is -3.63. The number of rotatable bonds is 3. The van der Waals surface area contributed by atoms with E-state index in [4.69, 9.17) is 0 Å². The van der Waals surface area contributed by atoms with Crippen LogP contribution in [0.4, 0.5) is 5.69 Å². The van der Waals surface area contributed by atoms with Crippen LogP contribution in [-0.2, 0) is 14.6 Å². The number of amides is 1. The van der Waals surface area contributed by atoms with Gasteiger partial charge in [0.1, 0.15) is 5.75 Å². The van der Waals surface area contributed by atoms with Crippen molar-refractivity contribution in [2.45, 2.75) is 18.7 Å². The second-order valence-electron chi connectivity index (χ2n) is 4.93. The second kappa shape index (κ2) is 4.86. The SMILES string of the molecule is C=C(C)CN1C(=O)CS(=O)(=O)c2ccc(C(C)=O)cc21. The summed E-state index contributed by atoms with van der Waals surface area (Å²) >= 11 is 0. The Bertz CT molecular complexity index is 719. The van der Waals surface area contributed by atoms with E-state index in [1.807, 2.05) is 0 Å². The van der Waals surface area contributed by atoms with Crippen molar-refractivity contribution in [3.8, 4) is 0 Å². The first-order valence-corrected chi connectivity index (χ1v) is 7.70. The van der Waals surface area contributed by atoms with Crippen molar-refractivity contribution in [2.75, 3.05) is 17.2 Å². The van der Waals surface area contributed by atoms with Crippen molar-refractivity contribution >= 4 is 27.2 Å². The molecule has 1 amide bonds. The van der Waals surface area contributed by atoms with Gasteiger partial charge >= 0.3 is 0 Å². The van der Waals surface area contributed by atoms with Crippen LogP contribution in [0.1, 0.15) is 24.2 Å². The molecule has 5 nitrogen and oxygen atoms in total. The Labute approximate surface area is 117 Å². The number of hydrogen-bond donors (Lipinski definition) is 0. The molecule has 1 aliphatic heterocycles. The molecule has 0 saturated heterocycles. The lowest BCUT2D eigenvalue weighted by Crippen LogP contribution is -2.41. The summed E-state index contributed by atoms with van der Waals surface area (Å²) in [5.74, 6) is -1.23. The number of fused-ring (bicyclic) bond motifs is 1. The normalized spacial score (nSPS) is 16.7. The lowest BCUT2D eigenvalue weighted by Gasteiger charge is -2.29. The largest absolute Gasteiger partial charge is 0.306 e. The molecule has 0 spiro atoms. The van der Waals surface area contributed by atoms with Gasteiger partial charge in [0.05, 0.1) is 10.6 Å². The highest BCUT2D eigenvalue weighted by Gasteiger charge is 2.34. The molecule has 1 aliphatic rings. The summed E-state index contributed by atoms with van der Waals surface area (Å²) in [4.78, 5) is 24.9. The van der Waals surface area contributed by atoms with E-state index in [9.17, 15) is 18.0 Å². The van der Waals surface area contributed by atoms with Crippen LogP contribution in [-0.4, -0.2) is 32.4 Å². The standard InChI is InChI=1S/C14H15NO4S/c1-9(2)7-15-12-6-11(10(3)16)4-5-13(12)20(18,19)8-14(15)17/h4-6H,1,7-8H2,2-3H3. The minimum atomic E-state index is -3.63. The number of anilines is 1. The van der Waals surface area contributed by atoms with Crippen LogP contribution in [0.5, 0.6) is 0 Å². The molecule has 0 saturated carbocycles. The zero-order valence-corrected chi connectivity index (χ0v) is 12.2. The summed E-state index contributed by atoms with van der Waals surface area (Å²) in [5.41, 5.74) is 1.37. The average molecular weight is 293 g/mol. The number of hydrogen-bond acceptors (Lipinski definition) is 4. The molecule has 1 heterocycles. The minimum absolute atomic E-state index is 0.0864. The van der Waals surface area contributed by atoms with E-state index in [2.05, 4.69) is 6.58 Å². The number of Topliss-reactive ketones (excluding diaryl/α,β-unsaturated/α-hetero) is 1. The van der Waals surface area contributed by atoms with Gasteiger partial charge in [0.15, 0.2) is 15.6 Å². The molecule has 0 N–H and O–H groups in total. The van der Waals surface area contributed by atoms with Crippen molar-refractivity contribution < 1.29 is 18.0 Å². The maximum atomic E-state index is 12.0. The van der Waals surface area contributed by atoms with Gasteiger partial charge in [0.2, 0.25) is 5.91 Å². The Morgan fingerprint density at radius 1 is 1.35 bits per heavy atom. The van der Waals surface area contributed by atoms with Crippen LogP contribution in [0.3, 0.4) is 0 Å². The van der Waals surface area contributed by atoms with E-state index in [-0.39, 0.29) is 22.9 Å². The van der Waals surface area contributed by atoms with Crippen molar-refractivity contribution in [3.63, 3.8) is 0 Å². The highest BCUT2D eigenvalue weighted by Crippen LogP contribution is 2.32. The number of ketones is 1. The third-order valence-electron chi connectivity index (χ3n) is 3.03. The number of carbonyl (C=O) groups excluding carboxylic acids is 2. The Morgan fingerprint density at radius 3 is 2.55 bits per heavy atom. The van der Waals surface area contributed by atoms with E-state index in [0.29, 0.717) is 5.56 Å². The quantitative estimate of drug-likeness (QED) is 0.626. The molecule has 1 aromatic rings. The van der Waals surface area contributed by atoms with E-state index >= 15 is 0 Å². The fourth-order valence-electron chi connectivity index (χ4n) is 2.11. The molecular formula is C14H15NO4S. The van der Waals surface area contributed by atoms with Gasteiger partial charge in [-0.15, -0.1) is 0 Å². The smallest absolute Gasteiger partial charge is 0.242 e. The Morgan fingerprint density at radius 2 is 2.00 bits per heavy atom. The Hall–Kier alpha value is -1.95. The van der Waals surface area contributed by atoms with Crippen LogP contribution >= 0.6 is 0 Å². The third-order valence-corrected chi connectivity index (χ3v) is 4.68. The molecule has 0 unspecified atom stereocenters. The maximum Gasteiger partial charge on any atom is 0.242 e. The van der Waals surface area contributed by atoms with Gasteiger partial charge in [0, 0.05) is 12.1 Å². The average Bonchev–Trinajstić information content (AvgIpc) is 2.33. The Kier molecular flexibility index (Phi) is 3.52. The lowest BCUT2D eigenvalue weighted by molar-refractivity contribution is -0.116. The molecule has 0 aliphatic carbocycles. The molecule has 106 valence electrons. The van der Waals surface area contributed by atoms with Gasteiger partial charge in [0.25, 0.3) is 0 Å². The molecule has 0 aromatic heterocycles. The maximum absolute atomic E-state index is 12.0. The van der Waals surface area contributed by atoms with Crippen molar-refractivity contribution in [2.24, 2.45) is 0 Å². The van der Waals surface area contributed by atoms with Gasteiger partial charge < -0.3 is 4.90 Å². The first-order chi connectivity index (χ1) is 9.22. The molecule has 0 radical (unpaired) electrons. The van der Waals surface area contributed by atoms with Crippen molar-refractivity contribution in [1.82, 2.24) is 0 Å². The summed E-state index contributed by atoms with van der Waals surface area (Å²) in [5, 5.41) is 0. The van der Waals surface area contributed by atoms with E-state index in [1.54, 1.807) is 6.92 Å². The fourth-order valence-corrected chi connectivity index (χ4v) is 3.51. The van der Waals surface area contributed by atoms with Crippen molar-refractivity contribution in [1.29, 1.82) is 0 Å². The first kappa shape index (κ1) is 14.5. The van der Waals surface area contributed by atoms with Crippen LogP contribution in [0.25, 0.3) is 0 Å². The Balaban J connectivity index is 2.66. The molecular weight excluding hydrogens is 278 g/mol. The molecule has 0 atom stereocenters. The monoisotopic (exact) mass is 293 g/mol. The molecule has 2 rings (SSSR count). The van der Waals surface area contributed by atoms with Gasteiger partial charge in [-0.05, 0) is 32.0 Å². The van der Waals surface area contributed by atoms with Gasteiger partial charge in [-0.1, -0.05) is 12.2 Å². The summed E-state index contributed by atoms with van der Waals surface area (Å²) in [6.07, 6.45) is 0. The summed E-state index contributed by atoms with van der Waals surface area (Å²) in [6.45, 7) is 7.13. The fraction of sp³-hybridized carbons (Fsp3) is 0.286. The predicted octanol–water partition coefficient (Wildman–Crippen LogP) is 1.59. The zero-order valence-electron chi connectivity index (χ0n) is 11.3. The third kappa shape index (κ3) is 2.51. The van der Waals surface area contributed by atoms with Gasteiger partial charge in [-0.25, -0.2) is 8.42 Å². The summed E-state index contributed by atoms with van der Waals surface area (Å²) < 4.78 is 24.1. The van der Waals surface area contributed by atoms with E-state index in [1.165, 1.54) is 30.0 Å². The summed E-state index contributed by atoms with van der Waals surface area (Å²) in [6, 6.07) is 4.31. The highest BCUT2D eigenvalue weighted by molar-refractivity contribution is 7.92. The number of benzene rings is 1. The second-order valence-corrected chi connectivity index (χ2v) is 6.89. The van der Waals surface area contributed by atoms with Crippen LogP contribution < -0.4 is 4.90 Å². The molecule has 1 aromatic carbocycles. The zero-order chi connectivity index (χ0) is 15.1. The topological polar surface area (TPSA) is 71.5 Å².